The Morgan fingerprint density at radius 2 is 1.88 bits per heavy atom. The fraction of sp³-hybridized carbons (Fsp3) is 0.211. The van der Waals surface area contributed by atoms with Crippen LogP contribution < -0.4 is 10.1 Å². The van der Waals surface area contributed by atoms with Crippen molar-refractivity contribution in [1.29, 1.82) is 0 Å². The maximum atomic E-state index is 12.6. The lowest BCUT2D eigenvalue weighted by Gasteiger charge is -2.15. The molecule has 26 heavy (non-hydrogen) atoms. The Morgan fingerprint density at radius 3 is 2.62 bits per heavy atom. The van der Waals surface area contributed by atoms with Gasteiger partial charge in [0.25, 0.3) is 0 Å². The number of amides is 2. The van der Waals surface area contributed by atoms with E-state index in [1.807, 2.05) is 42.5 Å². The molecule has 2 aromatic carbocycles. The first-order valence-corrected chi connectivity index (χ1v) is 9.36. The Balaban J connectivity index is 1.62. The van der Waals surface area contributed by atoms with Crippen molar-refractivity contribution in [3.8, 4) is 5.75 Å². The SMILES string of the molecule is COc1ccccc1NC(=O)C[C@H]1SC(=S)N(Cc2ccccc2)C1=O. The lowest BCUT2D eigenvalue weighted by atomic mass is 10.2. The van der Waals surface area contributed by atoms with Crippen molar-refractivity contribution in [3.63, 3.8) is 0 Å². The molecule has 0 aromatic heterocycles. The summed E-state index contributed by atoms with van der Waals surface area (Å²) in [4.78, 5) is 26.6. The zero-order valence-electron chi connectivity index (χ0n) is 14.2. The quantitative estimate of drug-likeness (QED) is 0.771. The van der Waals surface area contributed by atoms with Gasteiger partial charge in [0, 0.05) is 6.42 Å². The van der Waals surface area contributed by atoms with Crippen molar-refractivity contribution in [3.05, 3.63) is 60.2 Å². The number of carbonyl (C=O) groups excluding carboxylic acids is 2. The highest BCUT2D eigenvalue weighted by Crippen LogP contribution is 2.31. The van der Waals surface area contributed by atoms with Gasteiger partial charge in [0.15, 0.2) is 0 Å². The second-order valence-electron chi connectivity index (χ2n) is 5.73. The first-order valence-electron chi connectivity index (χ1n) is 8.07. The number of benzene rings is 2. The van der Waals surface area contributed by atoms with Crippen LogP contribution in [-0.2, 0) is 16.1 Å². The van der Waals surface area contributed by atoms with Gasteiger partial charge in [-0.05, 0) is 17.7 Å². The highest BCUT2D eigenvalue weighted by atomic mass is 32.2. The number of ether oxygens (including phenoxy) is 1. The molecule has 0 unspecified atom stereocenters. The topological polar surface area (TPSA) is 58.6 Å². The van der Waals surface area contributed by atoms with E-state index < -0.39 is 5.25 Å². The van der Waals surface area contributed by atoms with Crippen molar-refractivity contribution < 1.29 is 14.3 Å². The summed E-state index contributed by atoms with van der Waals surface area (Å²) in [7, 11) is 1.54. The van der Waals surface area contributed by atoms with Crippen LogP contribution in [0.1, 0.15) is 12.0 Å². The molecule has 1 N–H and O–H groups in total. The number of carbonyl (C=O) groups is 2. The van der Waals surface area contributed by atoms with Gasteiger partial charge >= 0.3 is 0 Å². The minimum Gasteiger partial charge on any atom is -0.495 e. The van der Waals surface area contributed by atoms with Crippen LogP contribution in [0.2, 0.25) is 0 Å². The van der Waals surface area contributed by atoms with E-state index in [1.165, 1.54) is 11.8 Å². The number of thioether (sulfide) groups is 1. The number of methoxy groups -OCH3 is 1. The molecule has 3 rings (SSSR count). The van der Waals surface area contributed by atoms with E-state index in [0.29, 0.717) is 22.3 Å². The smallest absolute Gasteiger partial charge is 0.242 e. The molecule has 1 aliphatic rings. The zero-order chi connectivity index (χ0) is 18.5. The molecule has 134 valence electrons. The Hall–Kier alpha value is -2.38. The number of para-hydroxylation sites is 2. The van der Waals surface area contributed by atoms with Gasteiger partial charge in [0.1, 0.15) is 10.1 Å². The van der Waals surface area contributed by atoms with E-state index in [-0.39, 0.29) is 18.2 Å². The summed E-state index contributed by atoms with van der Waals surface area (Å²) in [5.74, 6) is 0.205. The number of anilines is 1. The van der Waals surface area contributed by atoms with Crippen molar-refractivity contribution >= 4 is 45.8 Å². The summed E-state index contributed by atoms with van der Waals surface area (Å²) in [6.07, 6.45) is 0.0625. The summed E-state index contributed by atoms with van der Waals surface area (Å²) >= 11 is 6.60. The highest BCUT2D eigenvalue weighted by Gasteiger charge is 2.38. The van der Waals surface area contributed by atoms with Gasteiger partial charge in [-0.2, -0.15) is 0 Å². The maximum Gasteiger partial charge on any atom is 0.242 e. The van der Waals surface area contributed by atoms with E-state index in [4.69, 9.17) is 17.0 Å². The maximum absolute atomic E-state index is 12.6. The van der Waals surface area contributed by atoms with Gasteiger partial charge in [-0.1, -0.05) is 66.4 Å². The molecule has 7 heteroatoms. The third kappa shape index (κ3) is 4.23. The number of rotatable bonds is 6. The molecule has 1 aliphatic heterocycles. The monoisotopic (exact) mass is 386 g/mol. The number of thiocarbonyl (C=S) groups is 1. The third-order valence-electron chi connectivity index (χ3n) is 3.94. The lowest BCUT2D eigenvalue weighted by molar-refractivity contribution is -0.128. The van der Waals surface area contributed by atoms with Crippen molar-refractivity contribution in [2.75, 3.05) is 12.4 Å². The van der Waals surface area contributed by atoms with Crippen LogP contribution in [0, 0.1) is 0 Å². The average Bonchev–Trinajstić information content (AvgIpc) is 2.90. The summed E-state index contributed by atoms with van der Waals surface area (Å²) < 4.78 is 5.73. The molecule has 1 fully saturated rings. The van der Waals surface area contributed by atoms with Crippen molar-refractivity contribution in [1.82, 2.24) is 4.90 Å². The van der Waals surface area contributed by atoms with Crippen LogP contribution in [0.25, 0.3) is 0 Å². The molecule has 1 atom stereocenters. The van der Waals surface area contributed by atoms with Gasteiger partial charge in [-0.3, -0.25) is 14.5 Å². The van der Waals surface area contributed by atoms with Crippen LogP contribution in [0.3, 0.4) is 0 Å². The molecular formula is C19H18N2O3S2. The fourth-order valence-electron chi connectivity index (χ4n) is 2.65. The number of hydrogen-bond donors (Lipinski definition) is 1. The molecule has 2 aromatic rings. The minimum absolute atomic E-state index is 0.0625. The molecule has 2 amide bonds. The largest absolute Gasteiger partial charge is 0.495 e. The minimum atomic E-state index is -0.499. The predicted octanol–water partition coefficient (Wildman–Crippen LogP) is 3.45. The number of nitrogens with one attached hydrogen (secondary N) is 1. The van der Waals surface area contributed by atoms with E-state index in [9.17, 15) is 9.59 Å². The molecule has 0 aliphatic carbocycles. The number of nitrogens with zero attached hydrogens (tertiary/aromatic N) is 1. The molecule has 0 radical (unpaired) electrons. The second kappa shape index (κ2) is 8.33. The van der Waals surface area contributed by atoms with Crippen LogP contribution in [0.15, 0.2) is 54.6 Å². The summed E-state index contributed by atoms with van der Waals surface area (Å²) in [5.41, 5.74) is 1.59. The van der Waals surface area contributed by atoms with Gasteiger partial charge in [-0.25, -0.2) is 0 Å². The van der Waals surface area contributed by atoms with Gasteiger partial charge in [-0.15, -0.1) is 0 Å². The Morgan fingerprint density at radius 1 is 1.19 bits per heavy atom. The Labute approximate surface area is 161 Å². The lowest BCUT2D eigenvalue weighted by Crippen LogP contribution is -2.32. The zero-order valence-corrected chi connectivity index (χ0v) is 15.8. The first-order chi connectivity index (χ1) is 12.6. The Kier molecular flexibility index (Phi) is 5.90. The fourth-order valence-corrected chi connectivity index (χ4v) is 4.15. The molecule has 1 heterocycles. The highest BCUT2D eigenvalue weighted by molar-refractivity contribution is 8.24. The van der Waals surface area contributed by atoms with E-state index in [0.717, 1.165) is 5.56 Å². The van der Waals surface area contributed by atoms with Gasteiger partial charge in [0.2, 0.25) is 11.8 Å². The average molecular weight is 386 g/mol. The molecule has 0 spiro atoms. The summed E-state index contributed by atoms with van der Waals surface area (Å²) in [6, 6.07) is 16.8. The van der Waals surface area contributed by atoms with E-state index in [1.54, 1.807) is 24.1 Å². The van der Waals surface area contributed by atoms with E-state index >= 15 is 0 Å². The molecular weight excluding hydrogens is 368 g/mol. The number of hydrogen-bond acceptors (Lipinski definition) is 5. The van der Waals surface area contributed by atoms with Crippen LogP contribution >= 0.6 is 24.0 Å². The summed E-state index contributed by atoms with van der Waals surface area (Å²) in [6.45, 7) is 0.427. The Bertz CT molecular complexity index is 827. The van der Waals surface area contributed by atoms with Crippen LogP contribution in [-0.4, -0.2) is 33.4 Å². The first kappa shape index (κ1) is 18.4. The normalized spacial score (nSPS) is 16.7. The van der Waals surface area contributed by atoms with E-state index in [2.05, 4.69) is 5.32 Å². The van der Waals surface area contributed by atoms with Crippen LogP contribution in [0.4, 0.5) is 5.69 Å². The second-order valence-corrected chi connectivity index (χ2v) is 7.57. The van der Waals surface area contributed by atoms with Gasteiger partial charge in [0.05, 0.1) is 24.6 Å². The van der Waals surface area contributed by atoms with Crippen molar-refractivity contribution in [2.45, 2.75) is 18.2 Å². The van der Waals surface area contributed by atoms with Gasteiger partial charge < -0.3 is 10.1 Å². The third-order valence-corrected chi connectivity index (χ3v) is 5.52. The summed E-state index contributed by atoms with van der Waals surface area (Å²) in [5, 5.41) is 2.30. The predicted molar refractivity (Wildman–Crippen MR) is 107 cm³/mol. The molecule has 1 saturated heterocycles. The standard InChI is InChI=1S/C19H18N2O3S2/c1-24-15-10-6-5-9-14(15)20-17(22)11-16-18(23)21(19(25)26-16)12-13-7-3-2-4-8-13/h2-10,16H,11-12H2,1H3,(H,20,22)/t16-/m1/s1. The van der Waals surface area contributed by atoms with Crippen LogP contribution in [0.5, 0.6) is 5.75 Å². The molecule has 5 nitrogen and oxygen atoms in total. The molecule has 0 saturated carbocycles. The molecule has 0 bridgehead atoms. The van der Waals surface area contributed by atoms with Crippen molar-refractivity contribution in [2.24, 2.45) is 0 Å².